The monoisotopic (exact) mass is 304 g/mol. The molecule has 1 aromatic rings. The zero-order chi connectivity index (χ0) is 15.9. The van der Waals surface area contributed by atoms with Gasteiger partial charge in [0.2, 0.25) is 0 Å². The largest absolute Gasteiger partial charge is 0.488 e. The van der Waals surface area contributed by atoms with Gasteiger partial charge in [0.15, 0.2) is 0 Å². The topological polar surface area (TPSA) is 50.8 Å². The zero-order valence-corrected chi connectivity index (χ0v) is 13.3. The molecule has 0 radical (unpaired) electrons. The summed E-state index contributed by atoms with van der Waals surface area (Å²) in [4.78, 5) is 13.9. The number of amides is 2. The molecule has 0 saturated carbocycles. The van der Waals surface area contributed by atoms with E-state index in [-0.39, 0.29) is 12.1 Å². The van der Waals surface area contributed by atoms with Crippen molar-refractivity contribution in [2.75, 3.05) is 31.6 Å². The summed E-state index contributed by atoms with van der Waals surface area (Å²) in [6, 6.07) is 7.30. The van der Waals surface area contributed by atoms with Crippen molar-refractivity contribution in [2.24, 2.45) is 0 Å². The molecule has 1 heterocycles. The van der Waals surface area contributed by atoms with Crippen molar-refractivity contribution in [1.82, 2.24) is 4.90 Å². The predicted molar refractivity (Wildman–Crippen MR) is 87.4 cm³/mol. The third kappa shape index (κ3) is 4.77. The summed E-state index contributed by atoms with van der Waals surface area (Å²) >= 11 is 0. The average molecular weight is 304 g/mol. The molecule has 0 bridgehead atoms. The lowest BCUT2D eigenvalue weighted by Crippen LogP contribution is -2.35. The molecule has 120 valence electrons. The number of nitrogens with one attached hydrogen (secondary N) is 1. The predicted octanol–water partition coefficient (Wildman–Crippen LogP) is 3.28. The fraction of sp³-hybridized carbons (Fsp3) is 0.471. The Morgan fingerprint density at radius 2 is 2.18 bits per heavy atom. The van der Waals surface area contributed by atoms with E-state index in [4.69, 9.17) is 9.47 Å². The van der Waals surface area contributed by atoms with E-state index >= 15 is 0 Å². The van der Waals surface area contributed by atoms with Crippen LogP contribution >= 0.6 is 0 Å². The van der Waals surface area contributed by atoms with E-state index in [9.17, 15) is 4.79 Å². The fourth-order valence-corrected chi connectivity index (χ4v) is 2.27. The second-order valence-electron chi connectivity index (χ2n) is 5.53. The molecule has 22 heavy (non-hydrogen) atoms. The van der Waals surface area contributed by atoms with Crippen LogP contribution in [0.2, 0.25) is 0 Å². The van der Waals surface area contributed by atoms with E-state index in [0.717, 1.165) is 30.0 Å². The van der Waals surface area contributed by atoms with Crippen LogP contribution in [0.4, 0.5) is 10.5 Å². The van der Waals surface area contributed by atoms with Crippen molar-refractivity contribution in [3.63, 3.8) is 0 Å². The summed E-state index contributed by atoms with van der Waals surface area (Å²) in [6.07, 6.45) is 1.05. The molecule has 1 aromatic carbocycles. The van der Waals surface area contributed by atoms with Crippen LogP contribution in [-0.4, -0.2) is 43.3 Å². The van der Waals surface area contributed by atoms with Crippen molar-refractivity contribution >= 4 is 11.7 Å². The number of anilines is 1. The number of hydrogen-bond donors (Lipinski definition) is 1. The molecule has 1 N–H and O–H groups in total. The van der Waals surface area contributed by atoms with Crippen LogP contribution in [0.25, 0.3) is 0 Å². The Kier molecular flexibility index (Phi) is 5.83. The first-order chi connectivity index (χ1) is 10.6. The van der Waals surface area contributed by atoms with Crippen molar-refractivity contribution in [3.8, 4) is 5.75 Å². The van der Waals surface area contributed by atoms with Crippen molar-refractivity contribution in [1.29, 1.82) is 0 Å². The third-order valence-electron chi connectivity index (χ3n) is 3.43. The van der Waals surface area contributed by atoms with Crippen LogP contribution in [0.15, 0.2) is 36.4 Å². The van der Waals surface area contributed by atoms with Gasteiger partial charge in [-0.05, 0) is 38.1 Å². The Morgan fingerprint density at radius 1 is 1.45 bits per heavy atom. The van der Waals surface area contributed by atoms with Gasteiger partial charge in [-0.3, -0.25) is 0 Å². The number of carbonyl (C=O) groups is 1. The minimum atomic E-state index is -0.122. The minimum absolute atomic E-state index is 0.122. The average Bonchev–Trinajstić information content (AvgIpc) is 2.99. The first-order valence-corrected chi connectivity index (χ1v) is 7.63. The van der Waals surface area contributed by atoms with Gasteiger partial charge >= 0.3 is 6.03 Å². The normalized spacial score (nSPS) is 17.1. The Hall–Kier alpha value is -2.01. The minimum Gasteiger partial charge on any atom is -0.488 e. The molecule has 1 fully saturated rings. The van der Waals surface area contributed by atoms with E-state index in [1.54, 1.807) is 4.90 Å². The zero-order valence-electron chi connectivity index (χ0n) is 13.3. The molecule has 5 heteroatoms. The molecular formula is C17H24N2O3. The lowest BCUT2D eigenvalue weighted by atomic mass is 10.2. The number of carbonyl (C=O) groups excluding carboxylic acids is 1. The molecular weight excluding hydrogens is 280 g/mol. The molecule has 2 rings (SSSR count). The van der Waals surface area contributed by atoms with Gasteiger partial charge in [0.25, 0.3) is 0 Å². The van der Waals surface area contributed by atoms with Gasteiger partial charge in [-0.25, -0.2) is 4.79 Å². The first-order valence-electron chi connectivity index (χ1n) is 7.63. The molecule has 0 aliphatic carbocycles. The highest BCUT2D eigenvalue weighted by Crippen LogP contribution is 2.20. The van der Waals surface area contributed by atoms with Crippen molar-refractivity contribution < 1.29 is 14.3 Å². The highest BCUT2D eigenvalue weighted by atomic mass is 16.5. The SMILES string of the molecule is C=C(C)CN(CC)C(=O)Nc1ccc(O[C@@H]2CCOC2)cc1. The number of benzene rings is 1. The van der Waals surface area contributed by atoms with Crippen molar-refractivity contribution in [3.05, 3.63) is 36.4 Å². The molecule has 0 unspecified atom stereocenters. The molecule has 1 saturated heterocycles. The van der Waals surface area contributed by atoms with Gasteiger partial charge in [0, 0.05) is 25.2 Å². The molecule has 2 amide bonds. The van der Waals surface area contributed by atoms with Gasteiger partial charge in [-0.1, -0.05) is 12.2 Å². The Morgan fingerprint density at radius 3 is 2.73 bits per heavy atom. The van der Waals surface area contributed by atoms with E-state index in [0.29, 0.717) is 19.7 Å². The lowest BCUT2D eigenvalue weighted by Gasteiger charge is -2.21. The second kappa shape index (κ2) is 7.84. The molecule has 5 nitrogen and oxygen atoms in total. The second-order valence-corrected chi connectivity index (χ2v) is 5.53. The maximum absolute atomic E-state index is 12.2. The number of rotatable bonds is 6. The van der Waals surface area contributed by atoms with E-state index in [2.05, 4.69) is 11.9 Å². The van der Waals surface area contributed by atoms with Gasteiger partial charge in [-0.15, -0.1) is 0 Å². The summed E-state index contributed by atoms with van der Waals surface area (Å²) < 4.78 is 11.1. The molecule has 1 atom stereocenters. The summed E-state index contributed by atoms with van der Waals surface area (Å²) in [5, 5.41) is 2.88. The molecule has 1 aliphatic rings. The summed E-state index contributed by atoms with van der Waals surface area (Å²) in [5.41, 5.74) is 1.71. The number of nitrogens with zero attached hydrogens (tertiary/aromatic N) is 1. The Labute approximate surface area is 131 Å². The van der Waals surface area contributed by atoms with E-state index in [1.165, 1.54) is 0 Å². The maximum atomic E-state index is 12.2. The lowest BCUT2D eigenvalue weighted by molar-refractivity contribution is 0.141. The van der Waals surface area contributed by atoms with E-state index < -0.39 is 0 Å². The maximum Gasteiger partial charge on any atom is 0.322 e. The highest BCUT2D eigenvalue weighted by Gasteiger charge is 2.17. The van der Waals surface area contributed by atoms with Crippen LogP contribution in [0.5, 0.6) is 5.75 Å². The standard InChI is InChI=1S/C17H24N2O3/c1-4-19(11-13(2)3)17(20)18-14-5-7-15(8-6-14)22-16-9-10-21-12-16/h5-8,16H,2,4,9-12H2,1,3H3,(H,18,20)/t16-/m1/s1. The van der Waals surface area contributed by atoms with Gasteiger partial charge in [0.1, 0.15) is 11.9 Å². The van der Waals surface area contributed by atoms with Crippen LogP contribution in [0.1, 0.15) is 20.3 Å². The summed E-state index contributed by atoms with van der Waals surface area (Å²) in [6.45, 7) is 10.3. The van der Waals surface area contributed by atoms with Crippen molar-refractivity contribution in [2.45, 2.75) is 26.4 Å². The number of hydrogen-bond acceptors (Lipinski definition) is 3. The number of urea groups is 1. The Bertz CT molecular complexity index is 507. The summed E-state index contributed by atoms with van der Waals surface area (Å²) in [7, 11) is 0. The molecule has 1 aliphatic heterocycles. The van der Waals surface area contributed by atoms with Crippen LogP contribution in [-0.2, 0) is 4.74 Å². The molecule has 0 spiro atoms. The number of ether oxygens (including phenoxy) is 2. The fourth-order valence-electron chi connectivity index (χ4n) is 2.27. The quantitative estimate of drug-likeness (QED) is 0.821. The smallest absolute Gasteiger partial charge is 0.322 e. The van der Waals surface area contributed by atoms with Crippen LogP contribution < -0.4 is 10.1 Å². The van der Waals surface area contributed by atoms with Gasteiger partial charge in [0.05, 0.1) is 13.2 Å². The highest BCUT2D eigenvalue weighted by molar-refractivity contribution is 5.89. The third-order valence-corrected chi connectivity index (χ3v) is 3.43. The Balaban J connectivity index is 1.89. The summed E-state index contributed by atoms with van der Waals surface area (Å²) in [5.74, 6) is 0.794. The van der Waals surface area contributed by atoms with E-state index in [1.807, 2.05) is 38.1 Å². The van der Waals surface area contributed by atoms with Crippen LogP contribution in [0, 0.1) is 0 Å². The first kappa shape index (κ1) is 16.4. The van der Waals surface area contributed by atoms with Crippen LogP contribution in [0.3, 0.4) is 0 Å². The molecule has 0 aromatic heterocycles. The van der Waals surface area contributed by atoms with Gasteiger partial charge in [-0.2, -0.15) is 0 Å². The van der Waals surface area contributed by atoms with Gasteiger partial charge < -0.3 is 19.7 Å². The number of likely N-dealkylation sites (N-methyl/N-ethyl adjacent to an activating group) is 1.